The smallest absolute Gasteiger partial charge is 0.0540 e. The second-order valence-electron chi connectivity index (χ2n) is 5.16. The quantitative estimate of drug-likeness (QED) is 0.808. The molecule has 1 aromatic heterocycles. The van der Waals surface area contributed by atoms with E-state index in [9.17, 15) is 0 Å². The first-order valence-corrected chi connectivity index (χ1v) is 8.10. The fraction of sp³-hybridized carbons (Fsp3) is 0.625. The molecule has 1 aromatic rings. The Labute approximate surface area is 120 Å². The van der Waals surface area contributed by atoms with Gasteiger partial charge < -0.3 is 5.11 Å². The molecule has 1 saturated carbocycles. The molecule has 1 N–H and O–H groups in total. The summed E-state index contributed by atoms with van der Waals surface area (Å²) in [4.78, 5) is 3.90. The van der Waals surface area contributed by atoms with E-state index in [0.29, 0.717) is 6.42 Å². The van der Waals surface area contributed by atoms with Crippen molar-refractivity contribution in [1.82, 2.24) is 4.90 Å². The van der Waals surface area contributed by atoms with Crippen molar-refractivity contribution in [2.75, 3.05) is 19.7 Å². The van der Waals surface area contributed by atoms with Gasteiger partial charge in [-0.2, -0.15) is 0 Å². The van der Waals surface area contributed by atoms with Crippen molar-refractivity contribution in [1.29, 1.82) is 0 Å². The second kappa shape index (κ2) is 7.69. The van der Waals surface area contributed by atoms with Crippen LogP contribution >= 0.6 is 11.3 Å². The van der Waals surface area contributed by atoms with Crippen molar-refractivity contribution in [2.24, 2.45) is 5.92 Å². The van der Waals surface area contributed by atoms with Crippen molar-refractivity contribution in [3.63, 3.8) is 0 Å². The summed E-state index contributed by atoms with van der Waals surface area (Å²) >= 11 is 1.80. The topological polar surface area (TPSA) is 23.5 Å². The highest BCUT2D eigenvalue weighted by molar-refractivity contribution is 7.10. The molecule has 3 heteroatoms. The Morgan fingerprint density at radius 3 is 2.95 bits per heavy atom. The van der Waals surface area contributed by atoms with Gasteiger partial charge in [0.2, 0.25) is 0 Å². The SMILES string of the molecule is CCN(Cc1sccc1C#CCCO)CC1CCC1. The number of rotatable bonds is 6. The molecule has 1 aliphatic carbocycles. The lowest BCUT2D eigenvalue weighted by molar-refractivity contribution is 0.179. The molecule has 1 heterocycles. The molecule has 0 bridgehead atoms. The number of aliphatic hydroxyl groups is 1. The molecule has 0 unspecified atom stereocenters. The fourth-order valence-corrected chi connectivity index (χ4v) is 3.21. The molecule has 104 valence electrons. The van der Waals surface area contributed by atoms with Gasteiger partial charge in [-0.15, -0.1) is 11.3 Å². The van der Waals surface area contributed by atoms with Gasteiger partial charge in [0, 0.05) is 30.0 Å². The zero-order chi connectivity index (χ0) is 13.5. The molecule has 2 nitrogen and oxygen atoms in total. The normalized spacial score (nSPS) is 15.1. The van der Waals surface area contributed by atoms with E-state index < -0.39 is 0 Å². The molecule has 19 heavy (non-hydrogen) atoms. The largest absolute Gasteiger partial charge is 0.395 e. The van der Waals surface area contributed by atoms with Crippen LogP contribution in [0.25, 0.3) is 0 Å². The van der Waals surface area contributed by atoms with Gasteiger partial charge in [0.15, 0.2) is 0 Å². The van der Waals surface area contributed by atoms with Crippen LogP contribution in [-0.4, -0.2) is 29.7 Å². The lowest BCUT2D eigenvalue weighted by Gasteiger charge is -2.31. The zero-order valence-electron chi connectivity index (χ0n) is 11.7. The van der Waals surface area contributed by atoms with E-state index in [2.05, 4.69) is 35.1 Å². The monoisotopic (exact) mass is 277 g/mol. The molecular weight excluding hydrogens is 254 g/mol. The summed E-state index contributed by atoms with van der Waals surface area (Å²) < 4.78 is 0. The van der Waals surface area contributed by atoms with Crippen LogP contribution in [0.1, 0.15) is 43.0 Å². The van der Waals surface area contributed by atoms with Gasteiger partial charge in [-0.3, -0.25) is 4.90 Å². The summed E-state index contributed by atoms with van der Waals surface area (Å²) in [6.45, 7) is 5.75. The summed E-state index contributed by atoms with van der Waals surface area (Å²) in [6, 6.07) is 2.10. The van der Waals surface area contributed by atoms with Crippen LogP contribution in [0.15, 0.2) is 11.4 Å². The summed E-state index contributed by atoms with van der Waals surface area (Å²) in [5, 5.41) is 10.9. The average Bonchev–Trinajstić information content (AvgIpc) is 2.80. The van der Waals surface area contributed by atoms with E-state index in [-0.39, 0.29) is 6.61 Å². The van der Waals surface area contributed by atoms with Gasteiger partial charge in [0.1, 0.15) is 0 Å². The minimum atomic E-state index is 0.148. The van der Waals surface area contributed by atoms with Gasteiger partial charge in [0.25, 0.3) is 0 Å². The van der Waals surface area contributed by atoms with E-state index >= 15 is 0 Å². The second-order valence-corrected chi connectivity index (χ2v) is 6.16. The molecule has 2 rings (SSSR count). The minimum absolute atomic E-state index is 0.148. The van der Waals surface area contributed by atoms with Gasteiger partial charge in [-0.05, 0) is 36.8 Å². The van der Waals surface area contributed by atoms with Crippen LogP contribution in [0, 0.1) is 17.8 Å². The third-order valence-electron chi connectivity index (χ3n) is 3.76. The van der Waals surface area contributed by atoms with Crippen LogP contribution in [-0.2, 0) is 6.54 Å². The lowest BCUT2D eigenvalue weighted by Crippen LogP contribution is -2.31. The number of nitrogens with zero attached hydrogens (tertiary/aromatic N) is 1. The maximum absolute atomic E-state index is 8.77. The molecule has 1 aliphatic rings. The lowest BCUT2D eigenvalue weighted by atomic mass is 9.85. The Hall–Kier alpha value is -0.820. The Kier molecular flexibility index (Phi) is 5.91. The highest BCUT2D eigenvalue weighted by Gasteiger charge is 2.20. The Morgan fingerprint density at radius 1 is 1.47 bits per heavy atom. The maximum atomic E-state index is 8.77. The molecule has 0 aliphatic heterocycles. The molecule has 0 radical (unpaired) electrons. The highest BCUT2D eigenvalue weighted by atomic mass is 32.1. The summed E-state index contributed by atoms with van der Waals surface area (Å²) in [5.74, 6) is 7.12. The standard InChI is InChI=1S/C16H23NOS/c1-2-17(12-14-6-5-7-14)13-16-15(9-11-19-16)8-3-4-10-18/h9,11,14,18H,2,4-7,10,12-13H2,1H3. The van der Waals surface area contributed by atoms with Crippen molar-refractivity contribution in [2.45, 2.75) is 39.2 Å². The van der Waals surface area contributed by atoms with Crippen molar-refractivity contribution in [3.8, 4) is 11.8 Å². The van der Waals surface area contributed by atoms with Gasteiger partial charge >= 0.3 is 0 Å². The van der Waals surface area contributed by atoms with Gasteiger partial charge in [-0.25, -0.2) is 0 Å². The van der Waals surface area contributed by atoms with Crippen LogP contribution < -0.4 is 0 Å². The molecule has 0 atom stereocenters. The first-order valence-electron chi connectivity index (χ1n) is 7.22. The van der Waals surface area contributed by atoms with Crippen molar-refractivity contribution in [3.05, 3.63) is 21.9 Å². The van der Waals surface area contributed by atoms with Crippen LogP contribution in [0.5, 0.6) is 0 Å². The van der Waals surface area contributed by atoms with E-state index in [0.717, 1.165) is 24.6 Å². The fourth-order valence-electron chi connectivity index (χ4n) is 2.34. The first kappa shape index (κ1) is 14.6. The van der Waals surface area contributed by atoms with Crippen LogP contribution in [0.3, 0.4) is 0 Å². The molecule has 1 fully saturated rings. The molecule has 0 spiro atoms. The van der Waals surface area contributed by atoms with Crippen LogP contribution in [0.2, 0.25) is 0 Å². The number of hydrogen-bond donors (Lipinski definition) is 1. The van der Waals surface area contributed by atoms with E-state index in [1.54, 1.807) is 11.3 Å². The highest BCUT2D eigenvalue weighted by Crippen LogP contribution is 2.28. The summed E-state index contributed by atoms with van der Waals surface area (Å²) in [7, 11) is 0. The minimum Gasteiger partial charge on any atom is -0.395 e. The number of thiophene rings is 1. The molecule has 0 amide bonds. The number of hydrogen-bond acceptors (Lipinski definition) is 3. The summed E-state index contributed by atoms with van der Waals surface area (Å²) in [6.07, 6.45) is 4.79. The van der Waals surface area contributed by atoms with E-state index in [4.69, 9.17) is 5.11 Å². The third kappa shape index (κ3) is 4.35. The maximum Gasteiger partial charge on any atom is 0.0540 e. The van der Waals surface area contributed by atoms with Gasteiger partial charge in [0.05, 0.1) is 6.61 Å². The first-order chi connectivity index (χ1) is 9.33. The molecular formula is C16H23NOS. The number of aliphatic hydroxyl groups excluding tert-OH is 1. The van der Waals surface area contributed by atoms with E-state index in [1.807, 2.05) is 0 Å². The van der Waals surface area contributed by atoms with Gasteiger partial charge in [-0.1, -0.05) is 25.2 Å². The summed E-state index contributed by atoms with van der Waals surface area (Å²) in [5.41, 5.74) is 1.14. The predicted octanol–water partition coefficient (Wildman–Crippen LogP) is 3.10. The van der Waals surface area contributed by atoms with Crippen LogP contribution in [0.4, 0.5) is 0 Å². The third-order valence-corrected chi connectivity index (χ3v) is 4.67. The molecule has 0 aromatic carbocycles. The van der Waals surface area contributed by atoms with Crippen molar-refractivity contribution < 1.29 is 5.11 Å². The van der Waals surface area contributed by atoms with E-state index in [1.165, 1.54) is 30.7 Å². The Balaban J connectivity index is 1.93. The Morgan fingerprint density at radius 2 is 2.32 bits per heavy atom. The predicted molar refractivity (Wildman–Crippen MR) is 81.2 cm³/mol. The zero-order valence-corrected chi connectivity index (χ0v) is 12.5. The Bertz CT molecular complexity index is 439. The van der Waals surface area contributed by atoms with Crippen molar-refractivity contribution >= 4 is 11.3 Å². The molecule has 0 saturated heterocycles. The average molecular weight is 277 g/mol.